The van der Waals surface area contributed by atoms with Gasteiger partial charge in [-0.05, 0) is 69.7 Å². The van der Waals surface area contributed by atoms with Gasteiger partial charge >= 0.3 is 0 Å². The molecule has 0 fully saturated rings. The summed E-state index contributed by atoms with van der Waals surface area (Å²) in [7, 11) is 0. The number of ether oxygens (including phenoxy) is 2. The lowest BCUT2D eigenvalue weighted by Gasteiger charge is -2.31. The number of aliphatic hydroxyl groups is 1. The van der Waals surface area contributed by atoms with Crippen molar-refractivity contribution in [2.75, 3.05) is 18.5 Å². The molecular weight excluding hydrogens is 602 g/mol. The van der Waals surface area contributed by atoms with Gasteiger partial charge in [0.25, 0.3) is 5.91 Å². The lowest BCUT2D eigenvalue weighted by Crippen LogP contribution is -2.47. The summed E-state index contributed by atoms with van der Waals surface area (Å²) >= 11 is 0. The number of hydrogen-bond donors (Lipinski definition) is 2. The van der Waals surface area contributed by atoms with Gasteiger partial charge in [-0.15, -0.1) is 0 Å². The van der Waals surface area contributed by atoms with Crippen molar-refractivity contribution in [3.63, 3.8) is 0 Å². The van der Waals surface area contributed by atoms with Crippen LogP contribution in [0, 0.1) is 0 Å². The van der Waals surface area contributed by atoms with Gasteiger partial charge in [-0.1, -0.05) is 102 Å². The molecule has 240 valence electrons. The normalized spacial score (nSPS) is 16.7. The molecule has 5 aromatic rings. The minimum Gasteiger partial charge on any atom is -0.494 e. The fraction of sp³-hybridized carbons (Fsp3) is 0.179. The number of carbonyl (C=O) groups is 1. The van der Waals surface area contributed by atoms with Crippen molar-refractivity contribution >= 4 is 17.5 Å². The molecule has 0 saturated heterocycles. The number of rotatable bonds is 13. The van der Waals surface area contributed by atoms with Crippen molar-refractivity contribution in [1.82, 2.24) is 0 Å². The Labute approximate surface area is 279 Å². The predicted molar refractivity (Wildman–Crippen MR) is 187 cm³/mol. The summed E-state index contributed by atoms with van der Waals surface area (Å²) in [6.45, 7) is 0.580. The number of carbonyl (C=O) groups excluding carboxylic acids is 1. The first-order chi connectivity index (χ1) is 23.6. The maximum absolute atomic E-state index is 14.7. The van der Waals surface area contributed by atoms with Gasteiger partial charge in [0.15, 0.2) is 11.6 Å². The van der Waals surface area contributed by atoms with Crippen LogP contribution in [0.5, 0.6) is 5.75 Å². The van der Waals surface area contributed by atoms with Crippen LogP contribution >= 0.6 is 0 Å². The molecule has 1 aliphatic rings. The zero-order valence-corrected chi connectivity index (χ0v) is 26.3. The first kappa shape index (κ1) is 32.1. The average Bonchev–Trinajstić information content (AvgIpc) is 3.53. The third-order valence-corrected chi connectivity index (χ3v) is 8.26. The van der Waals surface area contributed by atoms with E-state index in [-0.39, 0.29) is 25.5 Å². The smallest absolute Gasteiger partial charge is 0.257 e. The van der Waals surface area contributed by atoms with Crippen molar-refractivity contribution in [2.45, 2.75) is 31.0 Å². The molecule has 0 radical (unpaired) electrons. The zero-order valence-electron chi connectivity index (χ0n) is 26.3. The van der Waals surface area contributed by atoms with Crippen LogP contribution in [0.3, 0.4) is 0 Å². The lowest BCUT2D eigenvalue weighted by atomic mass is 9.80. The second kappa shape index (κ2) is 15.1. The molecule has 6 rings (SSSR count). The highest BCUT2D eigenvalue weighted by atomic mass is 16.5. The number of anilines is 1. The van der Waals surface area contributed by atoms with Crippen molar-refractivity contribution in [1.29, 1.82) is 0 Å². The van der Waals surface area contributed by atoms with Gasteiger partial charge in [0, 0.05) is 35.6 Å². The summed E-state index contributed by atoms with van der Waals surface area (Å²) in [6, 6.07) is 42.3. The van der Waals surface area contributed by atoms with E-state index in [1.54, 1.807) is 0 Å². The SMILES string of the molecule is [N-]=[N+]=NCc1ccccc1C[C@@]1(C(=O)Nc2ccccc2)N=C(c2ccc(OCCCO)cc2)O[C@@H]1c1ccc(-c2ccccc2)cc1. The van der Waals surface area contributed by atoms with Crippen LogP contribution in [-0.4, -0.2) is 35.7 Å². The minimum atomic E-state index is -1.44. The third-order valence-electron chi connectivity index (χ3n) is 8.26. The summed E-state index contributed by atoms with van der Waals surface area (Å²) in [5.41, 5.74) is 13.5. The quantitative estimate of drug-likeness (QED) is 0.0585. The number of nitrogens with one attached hydrogen (secondary N) is 1. The van der Waals surface area contributed by atoms with Gasteiger partial charge in [-0.3, -0.25) is 4.79 Å². The molecule has 1 heterocycles. The van der Waals surface area contributed by atoms with Gasteiger partial charge < -0.3 is 19.9 Å². The van der Waals surface area contributed by atoms with E-state index in [0.29, 0.717) is 35.9 Å². The molecule has 2 N–H and O–H groups in total. The molecule has 0 saturated carbocycles. The molecule has 5 aromatic carbocycles. The van der Waals surface area contributed by atoms with Crippen molar-refractivity contribution < 1.29 is 19.4 Å². The Balaban J connectivity index is 1.46. The van der Waals surface area contributed by atoms with Gasteiger partial charge in [0.2, 0.25) is 5.90 Å². The molecular formula is C39H35N5O4. The number of para-hydroxylation sites is 1. The Morgan fingerprint density at radius 3 is 2.15 bits per heavy atom. The molecule has 0 spiro atoms. The van der Waals surface area contributed by atoms with E-state index in [9.17, 15) is 4.79 Å². The molecule has 0 unspecified atom stereocenters. The Bertz CT molecular complexity index is 1910. The molecule has 9 heteroatoms. The van der Waals surface area contributed by atoms with E-state index in [0.717, 1.165) is 27.8 Å². The van der Waals surface area contributed by atoms with E-state index in [2.05, 4.69) is 27.5 Å². The van der Waals surface area contributed by atoms with Crippen LogP contribution in [0.15, 0.2) is 144 Å². The molecule has 9 nitrogen and oxygen atoms in total. The van der Waals surface area contributed by atoms with E-state index in [4.69, 9.17) is 25.1 Å². The maximum atomic E-state index is 14.7. The Morgan fingerprint density at radius 1 is 0.833 bits per heavy atom. The third kappa shape index (κ3) is 7.23. The van der Waals surface area contributed by atoms with Crippen LogP contribution in [0.4, 0.5) is 5.69 Å². The largest absolute Gasteiger partial charge is 0.494 e. The second-order valence-corrected chi connectivity index (χ2v) is 11.4. The molecule has 1 amide bonds. The standard InChI is InChI=1S/C39H35N5O4/c40-44-41-27-33-13-8-7-12-32(33)26-39(38(46)42-34-14-5-2-6-15-34)36(30-18-16-29(17-19-30)28-10-3-1-4-11-28)48-37(43-39)31-20-22-35(23-21-31)47-25-9-24-45/h1-8,10-23,36,45H,9,24-27H2,(H,42,46)/t36-,39-/m1/s1. The summed E-state index contributed by atoms with van der Waals surface area (Å²) in [5.74, 6) is 0.645. The van der Waals surface area contributed by atoms with Crippen LogP contribution < -0.4 is 10.1 Å². The van der Waals surface area contributed by atoms with Gasteiger partial charge in [0.05, 0.1) is 13.2 Å². The van der Waals surface area contributed by atoms with Gasteiger partial charge in [-0.2, -0.15) is 0 Å². The van der Waals surface area contributed by atoms with Crippen molar-refractivity contribution in [2.24, 2.45) is 10.1 Å². The van der Waals surface area contributed by atoms with Gasteiger partial charge in [-0.25, -0.2) is 4.99 Å². The molecule has 1 aliphatic heterocycles. The van der Waals surface area contributed by atoms with E-state index < -0.39 is 11.6 Å². The number of aliphatic imine (C=N–C) groups is 1. The Morgan fingerprint density at radius 2 is 1.46 bits per heavy atom. The highest BCUT2D eigenvalue weighted by Crippen LogP contribution is 2.44. The van der Waals surface area contributed by atoms with Crippen LogP contribution in [0.1, 0.15) is 34.8 Å². The van der Waals surface area contributed by atoms with Crippen LogP contribution in [-0.2, 0) is 22.5 Å². The summed E-state index contributed by atoms with van der Waals surface area (Å²) in [6.07, 6.45) is -0.0866. The summed E-state index contributed by atoms with van der Waals surface area (Å²) in [5, 5.41) is 16.0. The summed E-state index contributed by atoms with van der Waals surface area (Å²) in [4.78, 5) is 22.8. The Hall–Kier alpha value is -5.89. The number of hydrogen-bond acceptors (Lipinski definition) is 6. The first-order valence-electron chi connectivity index (χ1n) is 15.8. The Kier molecular flexibility index (Phi) is 10.1. The number of amides is 1. The van der Waals surface area contributed by atoms with Gasteiger partial charge in [0.1, 0.15) is 5.75 Å². The molecule has 48 heavy (non-hydrogen) atoms. The number of aliphatic hydroxyl groups excluding tert-OH is 1. The minimum absolute atomic E-state index is 0.0512. The molecule has 0 bridgehead atoms. The van der Waals surface area contributed by atoms with Crippen LogP contribution in [0.2, 0.25) is 0 Å². The fourth-order valence-electron chi connectivity index (χ4n) is 5.81. The molecule has 0 aliphatic carbocycles. The molecule has 2 atom stereocenters. The number of benzene rings is 5. The monoisotopic (exact) mass is 637 g/mol. The second-order valence-electron chi connectivity index (χ2n) is 11.4. The fourth-order valence-corrected chi connectivity index (χ4v) is 5.81. The number of azide groups is 1. The summed E-state index contributed by atoms with van der Waals surface area (Å²) < 4.78 is 12.5. The topological polar surface area (TPSA) is 129 Å². The maximum Gasteiger partial charge on any atom is 0.257 e. The average molecular weight is 638 g/mol. The van der Waals surface area contributed by atoms with E-state index >= 15 is 0 Å². The van der Waals surface area contributed by atoms with E-state index in [1.165, 1.54) is 0 Å². The van der Waals surface area contributed by atoms with Crippen LogP contribution in [0.25, 0.3) is 21.6 Å². The van der Waals surface area contributed by atoms with Crippen molar-refractivity contribution in [3.05, 3.63) is 166 Å². The van der Waals surface area contributed by atoms with Crippen molar-refractivity contribution in [3.8, 4) is 16.9 Å². The van der Waals surface area contributed by atoms with E-state index in [1.807, 2.05) is 121 Å². The molecule has 0 aromatic heterocycles. The predicted octanol–water partition coefficient (Wildman–Crippen LogP) is 8.06. The highest BCUT2D eigenvalue weighted by molar-refractivity contribution is 6.05. The number of nitrogens with zero attached hydrogens (tertiary/aromatic N) is 4. The zero-order chi connectivity index (χ0) is 33.2. The highest BCUT2D eigenvalue weighted by Gasteiger charge is 2.53. The first-order valence-corrected chi connectivity index (χ1v) is 15.8. The lowest BCUT2D eigenvalue weighted by molar-refractivity contribution is -0.123.